The molecule has 1 atom stereocenters. The Morgan fingerprint density at radius 2 is 1.63 bits per heavy atom. The molecule has 0 saturated heterocycles. The van der Waals surface area contributed by atoms with Gasteiger partial charge in [0.05, 0.1) is 23.2 Å². The quantitative estimate of drug-likeness (QED) is 0.147. The molecule has 6 aromatic rings. The second-order valence-electron chi connectivity index (χ2n) is 10.8. The third-order valence-corrected chi connectivity index (χ3v) is 10.3. The number of carbonyl (C=O) groups is 2. The first-order valence-electron chi connectivity index (χ1n) is 14.1. The summed E-state index contributed by atoms with van der Waals surface area (Å²) < 4.78 is 35.9. The molecule has 0 aliphatic carbocycles. The Kier molecular flexibility index (Phi) is 6.59. The van der Waals surface area contributed by atoms with Crippen LogP contribution in [-0.4, -0.2) is 22.0 Å². The van der Waals surface area contributed by atoms with Crippen molar-refractivity contribution in [3.05, 3.63) is 147 Å². The summed E-state index contributed by atoms with van der Waals surface area (Å²) in [5.41, 5.74) is -1.08. The van der Waals surface area contributed by atoms with E-state index in [0.717, 1.165) is 33.9 Å². The molecule has 2 aliphatic heterocycles. The summed E-state index contributed by atoms with van der Waals surface area (Å²) in [5, 5.41) is 8.57. The van der Waals surface area contributed by atoms with Gasteiger partial charge in [-0.25, -0.2) is 8.78 Å². The van der Waals surface area contributed by atoms with E-state index in [0.29, 0.717) is 21.3 Å². The minimum atomic E-state index is -2.07. The van der Waals surface area contributed by atoms with E-state index in [1.54, 1.807) is 42.5 Å². The Morgan fingerprint density at radius 3 is 2.46 bits per heavy atom. The number of aromatic nitrogens is 2. The van der Waals surface area contributed by atoms with Gasteiger partial charge in [0.2, 0.25) is 10.9 Å². The van der Waals surface area contributed by atoms with Gasteiger partial charge in [-0.1, -0.05) is 89.8 Å². The summed E-state index contributed by atoms with van der Waals surface area (Å²) in [6.45, 7) is -0.177. The van der Waals surface area contributed by atoms with Gasteiger partial charge in [-0.05, 0) is 35.9 Å². The minimum absolute atomic E-state index is 0.00573. The van der Waals surface area contributed by atoms with Gasteiger partial charge in [0.25, 0.3) is 11.8 Å². The fraction of sp³-hybridized carbons (Fsp3) is 0.0882. The Morgan fingerprint density at radius 1 is 0.870 bits per heavy atom. The predicted octanol–water partition coefficient (Wildman–Crippen LogP) is 6.67. The number of carbonyl (C=O) groups excluding carboxylic acids is 2. The van der Waals surface area contributed by atoms with Crippen LogP contribution >= 0.6 is 23.1 Å². The first kappa shape index (κ1) is 28.3. The van der Waals surface area contributed by atoms with Crippen molar-refractivity contribution in [2.24, 2.45) is 0 Å². The van der Waals surface area contributed by atoms with Crippen LogP contribution in [0.1, 0.15) is 32.8 Å². The van der Waals surface area contributed by atoms with E-state index in [9.17, 15) is 23.2 Å². The van der Waals surface area contributed by atoms with Crippen LogP contribution in [0.4, 0.5) is 19.6 Å². The van der Waals surface area contributed by atoms with Crippen molar-refractivity contribution in [2.45, 2.75) is 22.2 Å². The molecule has 8 nitrogen and oxygen atoms in total. The molecule has 0 N–H and O–H groups in total. The number of halogens is 2. The standard InChI is InChI=1S/C34H20F2N4O4S2/c35-21-14-15-26-22(16-21)28(41)27-29(44-26)30(42)40(32-37-38-33(46-32)45-18-19-8-2-1-3-9-19)34(27)23-11-5-7-13-25(23)39(31(34)43)17-20-10-4-6-12-24(20)36/h1-16H,17-18H2. The smallest absolute Gasteiger partial charge is 0.297 e. The maximum Gasteiger partial charge on any atom is 0.297 e. The molecule has 8 rings (SSSR count). The molecule has 2 aromatic heterocycles. The zero-order valence-corrected chi connectivity index (χ0v) is 25.3. The maximum absolute atomic E-state index is 15.0. The van der Waals surface area contributed by atoms with Gasteiger partial charge in [-0.3, -0.25) is 19.3 Å². The molecule has 0 radical (unpaired) electrons. The third kappa shape index (κ3) is 4.13. The molecule has 226 valence electrons. The van der Waals surface area contributed by atoms with Crippen LogP contribution in [0.3, 0.4) is 0 Å². The lowest BCUT2D eigenvalue weighted by molar-refractivity contribution is -0.121. The molecule has 2 amide bonds. The fourth-order valence-corrected chi connectivity index (χ4v) is 8.01. The summed E-state index contributed by atoms with van der Waals surface area (Å²) in [4.78, 5) is 46.2. The van der Waals surface area contributed by atoms with E-state index in [2.05, 4.69) is 10.2 Å². The number of hydrogen-bond donors (Lipinski definition) is 0. The van der Waals surface area contributed by atoms with Crippen LogP contribution < -0.4 is 15.2 Å². The number of amides is 2. The second kappa shape index (κ2) is 10.7. The zero-order chi connectivity index (χ0) is 31.6. The van der Waals surface area contributed by atoms with Gasteiger partial charge in [0, 0.05) is 16.9 Å². The highest BCUT2D eigenvalue weighted by molar-refractivity contribution is 8.00. The monoisotopic (exact) mass is 650 g/mol. The van der Waals surface area contributed by atoms with E-state index < -0.39 is 34.4 Å². The van der Waals surface area contributed by atoms with Crippen LogP contribution in [0.15, 0.2) is 111 Å². The van der Waals surface area contributed by atoms with Crippen LogP contribution in [0.2, 0.25) is 0 Å². The summed E-state index contributed by atoms with van der Waals surface area (Å²) in [5.74, 6) is -2.42. The molecule has 46 heavy (non-hydrogen) atoms. The average molecular weight is 651 g/mol. The summed E-state index contributed by atoms with van der Waals surface area (Å²) in [7, 11) is 0. The van der Waals surface area contributed by atoms with Gasteiger partial charge in [0.1, 0.15) is 17.2 Å². The van der Waals surface area contributed by atoms with Gasteiger partial charge in [-0.2, -0.15) is 0 Å². The first-order valence-corrected chi connectivity index (χ1v) is 15.9. The van der Waals surface area contributed by atoms with Crippen LogP contribution in [0.25, 0.3) is 11.0 Å². The molecule has 2 aliphatic rings. The Balaban J connectivity index is 1.34. The van der Waals surface area contributed by atoms with Crippen LogP contribution in [0.5, 0.6) is 0 Å². The van der Waals surface area contributed by atoms with Gasteiger partial charge in [0.15, 0.2) is 15.3 Å². The average Bonchev–Trinajstić information content (AvgIpc) is 3.71. The van der Waals surface area contributed by atoms with E-state index >= 15 is 0 Å². The van der Waals surface area contributed by atoms with E-state index in [1.165, 1.54) is 28.8 Å². The van der Waals surface area contributed by atoms with E-state index in [1.807, 2.05) is 30.3 Å². The van der Waals surface area contributed by atoms with Crippen molar-refractivity contribution in [3.63, 3.8) is 0 Å². The highest BCUT2D eigenvalue weighted by Gasteiger charge is 2.66. The largest absolute Gasteiger partial charge is 0.450 e. The number of benzene rings is 4. The molecule has 12 heteroatoms. The normalized spacial score (nSPS) is 16.9. The fourth-order valence-electron chi connectivity index (χ4n) is 6.16. The Bertz CT molecular complexity index is 2280. The molecular weight excluding hydrogens is 631 g/mol. The van der Waals surface area contributed by atoms with Crippen molar-refractivity contribution in [1.29, 1.82) is 0 Å². The number of fused-ring (bicyclic) bond motifs is 5. The van der Waals surface area contributed by atoms with Gasteiger partial charge >= 0.3 is 0 Å². The van der Waals surface area contributed by atoms with E-state index in [-0.39, 0.29) is 39.5 Å². The van der Waals surface area contributed by atoms with Crippen molar-refractivity contribution >= 4 is 56.7 Å². The van der Waals surface area contributed by atoms with Crippen molar-refractivity contribution in [1.82, 2.24) is 10.2 Å². The first-order chi connectivity index (χ1) is 22.4. The Hall–Kier alpha value is -5.20. The number of hydrogen-bond acceptors (Lipinski definition) is 8. The van der Waals surface area contributed by atoms with Gasteiger partial charge in [-0.15, -0.1) is 10.2 Å². The van der Waals surface area contributed by atoms with Crippen molar-refractivity contribution in [3.8, 4) is 0 Å². The minimum Gasteiger partial charge on any atom is -0.450 e. The molecule has 4 heterocycles. The lowest BCUT2D eigenvalue weighted by Crippen LogP contribution is -2.53. The lowest BCUT2D eigenvalue weighted by atomic mass is 9.84. The molecule has 0 saturated carbocycles. The number of rotatable bonds is 6. The number of para-hydroxylation sites is 1. The van der Waals surface area contributed by atoms with E-state index in [4.69, 9.17) is 4.42 Å². The third-order valence-electron chi connectivity index (χ3n) is 8.16. The SMILES string of the molecule is O=C1c2oc3ccc(F)cc3c(=O)c2C2(C(=O)N(Cc3ccccc3F)c3ccccc32)N1c1nnc(SCc2ccccc2)s1. The molecular formula is C34H20F2N4O4S2. The zero-order valence-electron chi connectivity index (χ0n) is 23.6. The highest BCUT2D eigenvalue weighted by atomic mass is 32.2. The lowest BCUT2D eigenvalue weighted by Gasteiger charge is -2.32. The van der Waals surface area contributed by atoms with Gasteiger partial charge < -0.3 is 9.32 Å². The summed E-state index contributed by atoms with van der Waals surface area (Å²) in [6.07, 6.45) is 0. The highest BCUT2D eigenvalue weighted by Crippen LogP contribution is 2.55. The second-order valence-corrected chi connectivity index (χ2v) is 12.9. The molecule has 0 fully saturated rings. The molecule has 0 bridgehead atoms. The molecule has 4 aromatic carbocycles. The summed E-state index contributed by atoms with van der Waals surface area (Å²) in [6, 6.07) is 25.9. The number of thioether (sulfide) groups is 1. The molecule has 1 spiro atoms. The Labute approximate surface area is 267 Å². The summed E-state index contributed by atoms with van der Waals surface area (Å²) >= 11 is 2.50. The van der Waals surface area contributed by atoms with Crippen molar-refractivity contribution in [2.75, 3.05) is 9.80 Å². The molecule has 1 unspecified atom stereocenters. The van der Waals surface area contributed by atoms with Crippen LogP contribution in [-0.2, 0) is 22.6 Å². The van der Waals surface area contributed by atoms with Crippen LogP contribution in [0, 0.1) is 11.6 Å². The topological polar surface area (TPSA) is 96.6 Å². The predicted molar refractivity (Wildman–Crippen MR) is 170 cm³/mol. The van der Waals surface area contributed by atoms with Crippen molar-refractivity contribution < 1.29 is 22.8 Å². The number of anilines is 2. The number of nitrogens with zero attached hydrogens (tertiary/aromatic N) is 4. The maximum atomic E-state index is 15.0.